The lowest BCUT2D eigenvalue weighted by Crippen LogP contribution is -2.29. The fourth-order valence-electron chi connectivity index (χ4n) is 1.58. The minimum absolute atomic E-state index is 0.00912. The van der Waals surface area contributed by atoms with Crippen LogP contribution in [0, 0.1) is 0 Å². The number of hydrogen-bond acceptors (Lipinski definition) is 4. The summed E-state index contributed by atoms with van der Waals surface area (Å²) < 4.78 is 0. The molecule has 0 atom stereocenters. The second-order valence-corrected chi connectivity index (χ2v) is 5.23. The van der Waals surface area contributed by atoms with E-state index in [1.54, 1.807) is 6.07 Å². The van der Waals surface area contributed by atoms with E-state index in [2.05, 4.69) is 36.7 Å². The van der Waals surface area contributed by atoms with E-state index < -0.39 is 0 Å². The van der Waals surface area contributed by atoms with Gasteiger partial charge in [-0.15, -0.1) is 24.0 Å². The highest BCUT2D eigenvalue weighted by Crippen LogP contribution is 2.17. The lowest BCUT2D eigenvalue weighted by molar-refractivity contribution is 0.0956. The topological polar surface area (TPSA) is 32.3 Å². The molecule has 3 nitrogen and oxygen atoms in total. The second kappa shape index (κ2) is 7.74. The van der Waals surface area contributed by atoms with Gasteiger partial charge in [0.05, 0.1) is 4.88 Å². The molecule has 0 aliphatic heterocycles. The van der Waals surface area contributed by atoms with Crippen LogP contribution in [0.4, 0.5) is 0 Å². The third-order valence-electron chi connectivity index (χ3n) is 2.64. The SMILES string of the molecule is CCN(CC)CCCNC(=O)c1cc(S)cs1. The molecule has 0 spiro atoms. The van der Waals surface area contributed by atoms with E-state index in [4.69, 9.17) is 0 Å². The Balaban J connectivity index is 2.21. The Morgan fingerprint density at radius 3 is 2.71 bits per heavy atom. The molecule has 0 saturated carbocycles. The molecule has 0 radical (unpaired) electrons. The van der Waals surface area contributed by atoms with Crippen LogP contribution in [-0.4, -0.2) is 37.0 Å². The average molecular weight is 272 g/mol. The highest BCUT2D eigenvalue weighted by atomic mass is 32.1. The maximum Gasteiger partial charge on any atom is 0.261 e. The van der Waals surface area contributed by atoms with Gasteiger partial charge in [0.2, 0.25) is 0 Å². The molecule has 96 valence electrons. The van der Waals surface area contributed by atoms with E-state index in [-0.39, 0.29) is 5.91 Å². The molecule has 0 bridgehead atoms. The monoisotopic (exact) mass is 272 g/mol. The number of thiophene rings is 1. The van der Waals surface area contributed by atoms with Gasteiger partial charge in [-0.25, -0.2) is 0 Å². The standard InChI is InChI=1S/C12H20N2OS2/c1-3-14(4-2)7-5-6-13-12(15)11-8-10(16)9-17-11/h8-9,16H,3-7H2,1-2H3,(H,13,15). The molecule has 0 saturated heterocycles. The summed E-state index contributed by atoms with van der Waals surface area (Å²) in [5.74, 6) is 0.00912. The van der Waals surface area contributed by atoms with E-state index in [0.29, 0.717) is 0 Å². The van der Waals surface area contributed by atoms with Crippen LogP contribution in [0.15, 0.2) is 16.3 Å². The molecule has 1 heterocycles. The zero-order valence-corrected chi connectivity index (χ0v) is 12.1. The predicted molar refractivity (Wildman–Crippen MR) is 76.3 cm³/mol. The van der Waals surface area contributed by atoms with Crippen molar-refractivity contribution < 1.29 is 4.79 Å². The number of nitrogens with zero attached hydrogens (tertiary/aromatic N) is 1. The summed E-state index contributed by atoms with van der Waals surface area (Å²) in [6, 6.07) is 1.80. The number of thiol groups is 1. The normalized spacial score (nSPS) is 10.8. The van der Waals surface area contributed by atoms with E-state index in [1.165, 1.54) is 11.3 Å². The van der Waals surface area contributed by atoms with Gasteiger partial charge in [0, 0.05) is 16.8 Å². The van der Waals surface area contributed by atoms with Gasteiger partial charge >= 0.3 is 0 Å². The second-order valence-electron chi connectivity index (χ2n) is 3.81. The molecule has 17 heavy (non-hydrogen) atoms. The van der Waals surface area contributed by atoms with E-state index in [0.717, 1.165) is 42.4 Å². The Morgan fingerprint density at radius 1 is 1.47 bits per heavy atom. The number of rotatable bonds is 7. The maximum atomic E-state index is 11.7. The quantitative estimate of drug-likeness (QED) is 0.590. The third kappa shape index (κ3) is 5.10. The first-order valence-corrected chi connectivity index (χ1v) is 7.28. The lowest BCUT2D eigenvalue weighted by atomic mass is 10.3. The molecule has 1 N–H and O–H groups in total. The predicted octanol–water partition coefficient (Wildman–Crippen LogP) is 2.50. The van der Waals surface area contributed by atoms with Crippen molar-refractivity contribution >= 4 is 29.9 Å². The van der Waals surface area contributed by atoms with Crippen molar-refractivity contribution in [2.75, 3.05) is 26.2 Å². The van der Waals surface area contributed by atoms with Crippen LogP contribution in [-0.2, 0) is 0 Å². The van der Waals surface area contributed by atoms with Crippen LogP contribution in [0.1, 0.15) is 29.9 Å². The molecular weight excluding hydrogens is 252 g/mol. The minimum Gasteiger partial charge on any atom is -0.351 e. The van der Waals surface area contributed by atoms with Crippen LogP contribution >= 0.6 is 24.0 Å². The molecule has 5 heteroatoms. The van der Waals surface area contributed by atoms with E-state index in [1.807, 2.05) is 5.38 Å². The number of hydrogen-bond donors (Lipinski definition) is 2. The van der Waals surface area contributed by atoms with Gasteiger partial charge in [-0.2, -0.15) is 0 Å². The Morgan fingerprint density at radius 2 is 2.18 bits per heavy atom. The molecule has 1 aromatic rings. The largest absolute Gasteiger partial charge is 0.351 e. The summed E-state index contributed by atoms with van der Waals surface area (Å²) in [7, 11) is 0. The van der Waals surface area contributed by atoms with Gasteiger partial charge in [0.15, 0.2) is 0 Å². The molecule has 0 aliphatic carbocycles. The Labute approximate surface area is 113 Å². The lowest BCUT2D eigenvalue weighted by Gasteiger charge is -2.17. The molecule has 1 rings (SSSR count). The van der Waals surface area contributed by atoms with Crippen LogP contribution in [0.3, 0.4) is 0 Å². The van der Waals surface area contributed by atoms with Gasteiger partial charge in [0.25, 0.3) is 5.91 Å². The van der Waals surface area contributed by atoms with E-state index in [9.17, 15) is 4.79 Å². The van der Waals surface area contributed by atoms with Crippen molar-refractivity contribution in [2.45, 2.75) is 25.2 Å². The summed E-state index contributed by atoms with van der Waals surface area (Å²) in [4.78, 5) is 15.6. The summed E-state index contributed by atoms with van der Waals surface area (Å²) in [5, 5.41) is 4.80. The van der Waals surface area contributed by atoms with Gasteiger partial charge < -0.3 is 10.2 Å². The third-order valence-corrected chi connectivity index (χ3v) is 4.00. The smallest absolute Gasteiger partial charge is 0.261 e. The number of carbonyl (C=O) groups is 1. The average Bonchev–Trinajstić information content (AvgIpc) is 2.76. The first-order valence-electron chi connectivity index (χ1n) is 5.95. The minimum atomic E-state index is 0.00912. The highest BCUT2D eigenvalue weighted by Gasteiger charge is 2.07. The fourth-order valence-corrected chi connectivity index (χ4v) is 2.64. The zero-order chi connectivity index (χ0) is 12.7. The summed E-state index contributed by atoms with van der Waals surface area (Å²) in [6.07, 6.45) is 0.993. The van der Waals surface area contributed by atoms with Gasteiger partial charge in [-0.3, -0.25) is 4.79 Å². The highest BCUT2D eigenvalue weighted by molar-refractivity contribution is 7.80. The summed E-state index contributed by atoms with van der Waals surface area (Å²) in [6.45, 7) is 8.21. The van der Waals surface area contributed by atoms with Crippen molar-refractivity contribution in [3.63, 3.8) is 0 Å². The molecule has 0 unspecified atom stereocenters. The Hall–Kier alpha value is -0.520. The fraction of sp³-hybridized carbons (Fsp3) is 0.583. The van der Waals surface area contributed by atoms with Crippen molar-refractivity contribution in [3.05, 3.63) is 16.3 Å². The first kappa shape index (κ1) is 14.5. The molecule has 1 amide bonds. The summed E-state index contributed by atoms with van der Waals surface area (Å²) in [5.41, 5.74) is 0. The Kier molecular flexibility index (Phi) is 6.62. The van der Waals surface area contributed by atoms with Crippen LogP contribution in [0.5, 0.6) is 0 Å². The summed E-state index contributed by atoms with van der Waals surface area (Å²) >= 11 is 5.62. The van der Waals surface area contributed by atoms with Gasteiger partial charge in [-0.05, 0) is 32.1 Å². The van der Waals surface area contributed by atoms with Crippen molar-refractivity contribution in [2.24, 2.45) is 0 Å². The van der Waals surface area contributed by atoms with Crippen molar-refractivity contribution in [1.29, 1.82) is 0 Å². The first-order chi connectivity index (χ1) is 8.17. The van der Waals surface area contributed by atoms with E-state index >= 15 is 0 Å². The Bertz CT molecular complexity index is 348. The van der Waals surface area contributed by atoms with Gasteiger partial charge in [0.1, 0.15) is 0 Å². The molecule has 1 aromatic heterocycles. The van der Waals surface area contributed by atoms with Crippen LogP contribution in [0.2, 0.25) is 0 Å². The molecule has 0 aliphatic rings. The zero-order valence-electron chi connectivity index (χ0n) is 10.4. The number of amides is 1. The van der Waals surface area contributed by atoms with Crippen molar-refractivity contribution in [3.8, 4) is 0 Å². The molecule has 0 fully saturated rings. The number of carbonyl (C=O) groups excluding carboxylic acids is 1. The van der Waals surface area contributed by atoms with Gasteiger partial charge in [-0.1, -0.05) is 13.8 Å². The molecular formula is C12H20N2OS2. The van der Waals surface area contributed by atoms with Crippen LogP contribution < -0.4 is 5.32 Å². The van der Waals surface area contributed by atoms with Crippen molar-refractivity contribution in [1.82, 2.24) is 10.2 Å². The maximum absolute atomic E-state index is 11.7. The van der Waals surface area contributed by atoms with Crippen LogP contribution in [0.25, 0.3) is 0 Å². The molecule has 0 aromatic carbocycles. The number of nitrogens with one attached hydrogen (secondary N) is 1.